The van der Waals surface area contributed by atoms with Gasteiger partial charge in [0.25, 0.3) is 10.0 Å². The average molecular weight is 424 g/mol. The van der Waals surface area contributed by atoms with E-state index < -0.39 is 10.0 Å². The standard InChI is InChI=1S/C18H25N5O3S2/c1-4-19-28(25,26)16-13(2)20-18(27-16)22(3)17(24)21-14-7-9-15(10-8-14)23-11-5-6-12-23/h7-10,19H,4-6,11-12H2,1-3H3,(H,21,24). The minimum Gasteiger partial charge on any atom is -0.372 e. The predicted octanol–water partition coefficient (Wildman–Crippen LogP) is 3.02. The summed E-state index contributed by atoms with van der Waals surface area (Å²) in [4.78, 5) is 20.4. The fraction of sp³-hybridized carbons (Fsp3) is 0.444. The van der Waals surface area contributed by atoms with Crippen LogP contribution in [-0.4, -0.2) is 46.1 Å². The van der Waals surface area contributed by atoms with Crippen molar-refractivity contribution in [2.45, 2.75) is 30.9 Å². The third-order valence-corrected chi connectivity index (χ3v) is 7.89. The number of nitrogens with one attached hydrogen (secondary N) is 2. The number of urea groups is 1. The van der Waals surface area contributed by atoms with Gasteiger partial charge in [-0.1, -0.05) is 18.3 Å². The smallest absolute Gasteiger partial charge is 0.327 e. The number of rotatable bonds is 6. The number of benzene rings is 1. The van der Waals surface area contributed by atoms with Crippen LogP contribution in [0.25, 0.3) is 0 Å². The van der Waals surface area contributed by atoms with E-state index in [1.165, 1.54) is 17.7 Å². The number of amides is 2. The Morgan fingerprint density at radius 1 is 1.25 bits per heavy atom. The molecule has 10 heteroatoms. The van der Waals surface area contributed by atoms with Crippen LogP contribution in [0.5, 0.6) is 0 Å². The number of thiazole rings is 1. The second-order valence-corrected chi connectivity index (χ2v) is 9.54. The second-order valence-electron chi connectivity index (χ2n) is 6.60. The number of hydrogen-bond acceptors (Lipinski definition) is 6. The van der Waals surface area contributed by atoms with Crippen LogP contribution in [-0.2, 0) is 10.0 Å². The summed E-state index contributed by atoms with van der Waals surface area (Å²) in [6, 6.07) is 7.35. The number of carbonyl (C=O) groups is 1. The Labute approximate surface area is 169 Å². The van der Waals surface area contributed by atoms with Crippen molar-refractivity contribution in [3.8, 4) is 0 Å². The van der Waals surface area contributed by atoms with Crippen molar-refractivity contribution in [1.82, 2.24) is 9.71 Å². The van der Waals surface area contributed by atoms with Crippen LogP contribution in [0.3, 0.4) is 0 Å². The van der Waals surface area contributed by atoms with E-state index >= 15 is 0 Å². The first-order valence-electron chi connectivity index (χ1n) is 9.18. The van der Waals surface area contributed by atoms with E-state index in [9.17, 15) is 13.2 Å². The monoisotopic (exact) mass is 423 g/mol. The molecule has 0 radical (unpaired) electrons. The summed E-state index contributed by atoms with van der Waals surface area (Å²) in [5, 5.41) is 3.14. The Balaban J connectivity index is 1.69. The first kappa shape index (κ1) is 20.6. The molecule has 3 rings (SSSR count). The maximum absolute atomic E-state index is 12.6. The van der Waals surface area contributed by atoms with Crippen molar-refractivity contribution in [2.75, 3.05) is 41.8 Å². The van der Waals surface area contributed by atoms with Gasteiger partial charge in [-0.05, 0) is 44.0 Å². The molecule has 0 atom stereocenters. The Kier molecular flexibility index (Phi) is 6.21. The lowest BCUT2D eigenvalue weighted by Crippen LogP contribution is -2.31. The van der Waals surface area contributed by atoms with Gasteiger partial charge in [-0.3, -0.25) is 4.90 Å². The fourth-order valence-electron chi connectivity index (χ4n) is 3.04. The third kappa shape index (κ3) is 4.45. The van der Waals surface area contributed by atoms with Crippen molar-refractivity contribution < 1.29 is 13.2 Å². The zero-order valence-corrected chi connectivity index (χ0v) is 17.9. The molecule has 0 bridgehead atoms. The Bertz CT molecular complexity index is 935. The van der Waals surface area contributed by atoms with E-state index in [0.717, 1.165) is 30.1 Å². The molecule has 1 saturated heterocycles. The van der Waals surface area contributed by atoms with Crippen molar-refractivity contribution >= 4 is 43.9 Å². The van der Waals surface area contributed by atoms with Gasteiger partial charge in [0, 0.05) is 38.1 Å². The minimum absolute atomic E-state index is 0.124. The highest BCUT2D eigenvalue weighted by Crippen LogP contribution is 2.29. The summed E-state index contributed by atoms with van der Waals surface area (Å²) >= 11 is 0.969. The normalized spacial score (nSPS) is 14.3. The minimum atomic E-state index is -3.61. The van der Waals surface area contributed by atoms with Gasteiger partial charge in [0.2, 0.25) is 0 Å². The van der Waals surface area contributed by atoms with E-state index in [1.54, 1.807) is 20.9 Å². The predicted molar refractivity (Wildman–Crippen MR) is 113 cm³/mol. The highest BCUT2D eigenvalue weighted by Gasteiger charge is 2.24. The van der Waals surface area contributed by atoms with E-state index in [2.05, 4.69) is 19.9 Å². The van der Waals surface area contributed by atoms with Crippen LogP contribution in [0.15, 0.2) is 28.5 Å². The summed E-state index contributed by atoms with van der Waals surface area (Å²) in [5.74, 6) is 0. The number of anilines is 3. The fourth-order valence-corrected chi connectivity index (χ4v) is 5.59. The molecule has 2 N–H and O–H groups in total. The molecule has 0 saturated carbocycles. The lowest BCUT2D eigenvalue weighted by molar-refractivity contribution is 0.258. The largest absolute Gasteiger partial charge is 0.372 e. The summed E-state index contributed by atoms with van der Waals surface area (Å²) in [6.45, 7) is 5.75. The molecule has 2 amide bonds. The summed E-state index contributed by atoms with van der Waals surface area (Å²) in [7, 11) is -2.04. The molecule has 152 valence electrons. The van der Waals surface area contributed by atoms with Crippen LogP contribution in [0.4, 0.5) is 21.3 Å². The Hall–Kier alpha value is -2.17. The lowest BCUT2D eigenvalue weighted by Gasteiger charge is -2.18. The van der Waals surface area contributed by atoms with E-state index in [-0.39, 0.29) is 10.2 Å². The number of nitrogens with zero attached hydrogens (tertiary/aromatic N) is 3. The van der Waals surface area contributed by atoms with Gasteiger partial charge in [0.15, 0.2) is 9.34 Å². The number of hydrogen-bond donors (Lipinski definition) is 2. The summed E-state index contributed by atoms with van der Waals surface area (Å²) in [6.07, 6.45) is 2.42. The van der Waals surface area contributed by atoms with Crippen molar-refractivity contribution in [2.24, 2.45) is 0 Å². The molecule has 0 aliphatic carbocycles. The molecule has 1 aromatic carbocycles. The molecule has 2 aromatic rings. The molecule has 8 nitrogen and oxygen atoms in total. The van der Waals surface area contributed by atoms with Crippen LogP contribution in [0.1, 0.15) is 25.5 Å². The number of aryl methyl sites for hydroxylation is 1. The second kappa shape index (κ2) is 8.46. The highest BCUT2D eigenvalue weighted by atomic mass is 32.2. The van der Waals surface area contributed by atoms with E-state index in [0.29, 0.717) is 23.1 Å². The van der Waals surface area contributed by atoms with Crippen LogP contribution in [0, 0.1) is 6.92 Å². The SMILES string of the molecule is CCNS(=O)(=O)c1sc(N(C)C(=O)Nc2ccc(N3CCCC3)cc2)nc1C. The molecule has 28 heavy (non-hydrogen) atoms. The van der Waals surface area contributed by atoms with Gasteiger partial charge >= 0.3 is 6.03 Å². The number of carbonyl (C=O) groups excluding carboxylic acids is 1. The number of sulfonamides is 1. The van der Waals surface area contributed by atoms with Crippen molar-refractivity contribution in [3.05, 3.63) is 30.0 Å². The van der Waals surface area contributed by atoms with E-state index in [4.69, 9.17) is 0 Å². The van der Waals surface area contributed by atoms with Gasteiger partial charge in [-0.2, -0.15) is 0 Å². The van der Waals surface area contributed by atoms with Crippen molar-refractivity contribution in [1.29, 1.82) is 0 Å². The maximum Gasteiger partial charge on any atom is 0.327 e. The molecule has 0 unspecified atom stereocenters. The molecular formula is C18H25N5O3S2. The molecule has 2 heterocycles. The Morgan fingerprint density at radius 3 is 2.50 bits per heavy atom. The number of aromatic nitrogens is 1. The topological polar surface area (TPSA) is 94.6 Å². The van der Waals surface area contributed by atoms with Crippen LogP contribution in [0.2, 0.25) is 0 Å². The van der Waals surface area contributed by atoms with Crippen LogP contribution >= 0.6 is 11.3 Å². The first-order valence-corrected chi connectivity index (χ1v) is 11.5. The summed E-state index contributed by atoms with van der Waals surface area (Å²) < 4.78 is 27.0. The molecule has 1 aromatic heterocycles. The van der Waals surface area contributed by atoms with Crippen molar-refractivity contribution in [3.63, 3.8) is 0 Å². The van der Waals surface area contributed by atoms with Gasteiger partial charge in [0.05, 0.1) is 5.69 Å². The molecule has 0 spiro atoms. The molecular weight excluding hydrogens is 398 g/mol. The lowest BCUT2D eigenvalue weighted by atomic mass is 10.2. The molecule has 1 fully saturated rings. The van der Waals surface area contributed by atoms with Gasteiger partial charge < -0.3 is 10.2 Å². The van der Waals surface area contributed by atoms with Gasteiger partial charge in [-0.15, -0.1) is 0 Å². The van der Waals surface area contributed by atoms with Gasteiger partial charge in [0.1, 0.15) is 0 Å². The van der Waals surface area contributed by atoms with Gasteiger partial charge in [-0.25, -0.2) is 22.9 Å². The summed E-state index contributed by atoms with van der Waals surface area (Å²) in [5.41, 5.74) is 2.20. The highest BCUT2D eigenvalue weighted by molar-refractivity contribution is 7.91. The maximum atomic E-state index is 12.6. The molecule has 1 aliphatic heterocycles. The average Bonchev–Trinajstić information content (AvgIpc) is 3.31. The van der Waals surface area contributed by atoms with Crippen LogP contribution < -0.4 is 19.8 Å². The quantitative estimate of drug-likeness (QED) is 0.745. The van der Waals surface area contributed by atoms with E-state index in [1.807, 2.05) is 24.3 Å². The third-order valence-electron chi connectivity index (χ3n) is 4.50. The Morgan fingerprint density at radius 2 is 1.89 bits per heavy atom. The molecule has 1 aliphatic rings. The first-order chi connectivity index (χ1) is 13.3. The zero-order valence-electron chi connectivity index (χ0n) is 16.2. The zero-order chi connectivity index (χ0) is 20.3.